The number of benzene rings is 2. The molecule has 0 aliphatic carbocycles. The summed E-state index contributed by atoms with van der Waals surface area (Å²) in [6.07, 6.45) is -0.357. The minimum Gasteiger partial charge on any atom is -0.497 e. The Balaban J connectivity index is 1.79. The highest BCUT2D eigenvalue weighted by Gasteiger charge is 2.31. The number of carbonyl (C=O) groups is 1. The zero-order valence-electron chi connectivity index (χ0n) is 16.5. The first kappa shape index (κ1) is 19.4. The Morgan fingerprint density at radius 1 is 1.24 bits per heavy atom. The number of methoxy groups -OCH3 is 1. The second-order valence-corrected chi connectivity index (χ2v) is 7.25. The average Bonchev–Trinajstić information content (AvgIpc) is 2.78. The van der Waals surface area contributed by atoms with E-state index in [2.05, 4.69) is 0 Å². The minimum absolute atomic E-state index is 0.0679. The van der Waals surface area contributed by atoms with Crippen molar-refractivity contribution in [3.8, 4) is 17.0 Å². The molecule has 0 unspecified atom stereocenters. The molecule has 1 amide bonds. The molecule has 1 fully saturated rings. The van der Waals surface area contributed by atoms with Crippen molar-refractivity contribution < 1.29 is 19.4 Å². The van der Waals surface area contributed by atoms with E-state index < -0.39 is 0 Å². The molecule has 1 aliphatic heterocycles. The molecule has 1 aliphatic rings. The molecule has 4 rings (SSSR count). The third-order valence-electron chi connectivity index (χ3n) is 5.30. The Hall–Kier alpha value is -2.96. The lowest BCUT2D eigenvalue weighted by molar-refractivity contribution is -0.0666. The van der Waals surface area contributed by atoms with Crippen LogP contribution in [0.1, 0.15) is 17.3 Å². The molecule has 6 heteroatoms. The first-order valence-corrected chi connectivity index (χ1v) is 9.68. The van der Waals surface area contributed by atoms with Crippen LogP contribution in [0.5, 0.6) is 5.75 Å². The third-order valence-corrected chi connectivity index (χ3v) is 5.30. The van der Waals surface area contributed by atoms with E-state index in [0.29, 0.717) is 18.7 Å². The molecule has 29 heavy (non-hydrogen) atoms. The first-order valence-electron chi connectivity index (χ1n) is 9.68. The van der Waals surface area contributed by atoms with E-state index in [-0.39, 0.29) is 24.7 Å². The van der Waals surface area contributed by atoms with Crippen LogP contribution in [0, 0.1) is 0 Å². The summed E-state index contributed by atoms with van der Waals surface area (Å²) in [5.74, 6) is 0.690. The Bertz CT molecular complexity index is 1020. The quantitative estimate of drug-likeness (QED) is 0.739. The molecule has 1 aromatic heterocycles. The number of pyridine rings is 1. The molecule has 2 heterocycles. The van der Waals surface area contributed by atoms with Gasteiger partial charge in [-0.25, -0.2) is 4.98 Å². The van der Waals surface area contributed by atoms with E-state index in [9.17, 15) is 9.90 Å². The number of ether oxygens (including phenoxy) is 2. The Morgan fingerprint density at radius 3 is 2.72 bits per heavy atom. The van der Waals surface area contributed by atoms with Crippen molar-refractivity contribution in [2.75, 3.05) is 26.9 Å². The summed E-state index contributed by atoms with van der Waals surface area (Å²) in [5.41, 5.74) is 3.01. The van der Waals surface area contributed by atoms with Crippen LogP contribution in [0.15, 0.2) is 54.6 Å². The van der Waals surface area contributed by atoms with Gasteiger partial charge >= 0.3 is 0 Å². The number of carbonyl (C=O) groups excluding carboxylic acids is 1. The van der Waals surface area contributed by atoms with E-state index >= 15 is 0 Å². The highest BCUT2D eigenvalue weighted by molar-refractivity contribution is 6.07. The van der Waals surface area contributed by atoms with E-state index in [0.717, 1.165) is 27.9 Å². The predicted octanol–water partition coefficient (Wildman–Crippen LogP) is 3.13. The maximum Gasteiger partial charge on any atom is 0.255 e. The highest BCUT2D eigenvalue weighted by atomic mass is 16.5. The lowest BCUT2D eigenvalue weighted by atomic mass is 10.0. The summed E-state index contributed by atoms with van der Waals surface area (Å²) >= 11 is 0. The summed E-state index contributed by atoms with van der Waals surface area (Å²) in [6, 6.07) is 17.1. The molecule has 3 aromatic rings. The van der Waals surface area contributed by atoms with Crippen LogP contribution in [-0.2, 0) is 4.74 Å². The Morgan fingerprint density at radius 2 is 2.00 bits per heavy atom. The third kappa shape index (κ3) is 3.81. The normalized spacial score (nSPS) is 19.3. The van der Waals surface area contributed by atoms with Crippen LogP contribution in [0.25, 0.3) is 22.2 Å². The van der Waals surface area contributed by atoms with Crippen molar-refractivity contribution in [2.45, 2.75) is 19.1 Å². The molecular weight excluding hydrogens is 368 g/mol. The van der Waals surface area contributed by atoms with E-state index in [1.807, 2.05) is 61.5 Å². The van der Waals surface area contributed by atoms with Crippen LogP contribution in [-0.4, -0.2) is 59.9 Å². The van der Waals surface area contributed by atoms with Gasteiger partial charge in [0, 0.05) is 17.5 Å². The molecule has 1 saturated heterocycles. The average molecular weight is 392 g/mol. The smallest absolute Gasteiger partial charge is 0.255 e. The molecule has 2 aromatic carbocycles. The SMILES string of the molecule is COc1ccc(-c2cc(C(=O)N3C[C@H](CO)OC[C@H]3C)c3ccccc3n2)cc1. The number of hydrogen-bond donors (Lipinski definition) is 1. The summed E-state index contributed by atoms with van der Waals surface area (Å²) in [5, 5.41) is 10.3. The monoisotopic (exact) mass is 392 g/mol. The van der Waals surface area contributed by atoms with Gasteiger partial charge in [0.05, 0.1) is 49.2 Å². The van der Waals surface area contributed by atoms with Crippen LogP contribution < -0.4 is 4.74 Å². The number of aliphatic hydroxyl groups is 1. The van der Waals surface area contributed by atoms with Gasteiger partial charge < -0.3 is 19.5 Å². The Labute approximate surface area is 169 Å². The van der Waals surface area contributed by atoms with Crippen molar-refractivity contribution in [1.29, 1.82) is 0 Å². The van der Waals surface area contributed by atoms with Crippen molar-refractivity contribution in [2.24, 2.45) is 0 Å². The van der Waals surface area contributed by atoms with Gasteiger partial charge in [0.2, 0.25) is 0 Å². The molecule has 2 atom stereocenters. The first-order chi connectivity index (χ1) is 14.1. The number of rotatable bonds is 4. The lowest BCUT2D eigenvalue weighted by Gasteiger charge is -2.37. The molecule has 0 radical (unpaired) electrons. The van der Waals surface area contributed by atoms with Gasteiger partial charge in [0.1, 0.15) is 5.75 Å². The molecule has 0 bridgehead atoms. The fourth-order valence-corrected chi connectivity index (χ4v) is 3.63. The maximum atomic E-state index is 13.5. The van der Waals surface area contributed by atoms with Gasteiger partial charge in [-0.15, -0.1) is 0 Å². The van der Waals surface area contributed by atoms with E-state index in [1.165, 1.54) is 0 Å². The second kappa shape index (κ2) is 8.19. The van der Waals surface area contributed by atoms with Crippen molar-refractivity contribution in [3.63, 3.8) is 0 Å². The van der Waals surface area contributed by atoms with E-state index in [4.69, 9.17) is 14.5 Å². The standard InChI is InChI=1S/C23H24N2O4/c1-15-14-29-18(13-26)12-25(15)23(27)20-11-22(16-7-9-17(28-2)10-8-16)24-21-6-4-3-5-19(20)21/h3-11,15,18,26H,12-14H2,1-2H3/t15-,18-/m1/s1. The highest BCUT2D eigenvalue weighted by Crippen LogP contribution is 2.28. The summed E-state index contributed by atoms with van der Waals surface area (Å²) in [4.78, 5) is 20.1. The lowest BCUT2D eigenvalue weighted by Crippen LogP contribution is -2.52. The zero-order chi connectivity index (χ0) is 20.4. The molecular formula is C23H24N2O4. The van der Waals surface area contributed by atoms with Crippen LogP contribution >= 0.6 is 0 Å². The van der Waals surface area contributed by atoms with Gasteiger partial charge in [0.15, 0.2) is 0 Å². The molecule has 0 spiro atoms. The van der Waals surface area contributed by atoms with Crippen molar-refractivity contribution in [1.82, 2.24) is 9.88 Å². The predicted molar refractivity (Wildman–Crippen MR) is 111 cm³/mol. The van der Waals surface area contributed by atoms with E-state index in [1.54, 1.807) is 12.0 Å². The zero-order valence-corrected chi connectivity index (χ0v) is 16.5. The maximum absolute atomic E-state index is 13.5. The number of amides is 1. The second-order valence-electron chi connectivity index (χ2n) is 7.25. The Kier molecular flexibility index (Phi) is 5.47. The van der Waals surface area contributed by atoms with Crippen LogP contribution in [0.2, 0.25) is 0 Å². The fraction of sp³-hybridized carbons (Fsp3) is 0.304. The van der Waals surface area contributed by atoms with Gasteiger partial charge in [-0.2, -0.15) is 0 Å². The summed E-state index contributed by atoms with van der Waals surface area (Å²) in [6.45, 7) is 2.63. The number of nitrogens with zero attached hydrogens (tertiary/aromatic N) is 2. The number of fused-ring (bicyclic) bond motifs is 1. The van der Waals surface area contributed by atoms with Gasteiger partial charge in [-0.05, 0) is 43.3 Å². The van der Waals surface area contributed by atoms with Gasteiger partial charge in [0.25, 0.3) is 5.91 Å². The largest absolute Gasteiger partial charge is 0.497 e. The van der Waals surface area contributed by atoms with Crippen LogP contribution in [0.4, 0.5) is 0 Å². The molecule has 150 valence electrons. The van der Waals surface area contributed by atoms with Crippen molar-refractivity contribution in [3.05, 3.63) is 60.2 Å². The van der Waals surface area contributed by atoms with Crippen LogP contribution in [0.3, 0.4) is 0 Å². The topological polar surface area (TPSA) is 71.9 Å². The molecule has 6 nitrogen and oxygen atoms in total. The number of aromatic nitrogens is 1. The number of hydrogen-bond acceptors (Lipinski definition) is 5. The molecule has 0 saturated carbocycles. The van der Waals surface area contributed by atoms with Gasteiger partial charge in [-0.1, -0.05) is 18.2 Å². The summed E-state index contributed by atoms with van der Waals surface area (Å²) < 4.78 is 10.8. The fourth-order valence-electron chi connectivity index (χ4n) is 3.63. The number of aliphatic hydroxyl groups excluding tert-OH is 1. The molecule has 1 N–H and O–H groups in total. The number of para-hydroxylation sites is 1. The number of morpholine rings is 1. The van der Waals surface area contributed by atoms with Gasteiger partial charge in [-0.3, -0.25) is 4.79 Å². The van der Waals surface area contributed by atoms with Crippen molar-refractivity contribution >= 4 is 16.8 Å². The summed E-state index contributed by atoms with van der Waals surface area (Å²) in [7, 11) is 1.63. The minimum atomic E-state index is -0.357.